The van der Waals surface area contributed by atoms with Crippen LogP contribution in [0, 0.1) is 0 Å². The highest BCUT2D eigenvalue weighted by atomic mass is 32.2. The minimum atomic E-state index is -3.21. The van der Waals surface area contributed by atoms with Gasteiger partial charge in [0.15, 0.2) is 9.84 Å². The number of primary amides is 1. The van der Waals surface area contributed by atoms with Gasteiger partial charge in [0.05, 0.1) is 4.90 Å². The molecular formula is C13H12N2O3S. The zero-order valence-electron chi connectivity index (χ0n) is 10.2. The van der Waals surface area contributed by atoms with Crippen LogP contribution in [0.5, 0.6) is 0 Å². The molecule has 0 radical (unpaired) electrons. The van der Waals surface area contributed by atoms with E-state index < -0.39 is 15.7 Å². The molecule has 5 nitrogen and oxygen atoms in total. The number of hydrogen-bond donors (Lipinski definition) is 1. The van der Waals surface area contributed by atoms with Crippen LogP contribution in [0.25, 0.3) is 11.1 Å². The molecule has 0 saturated heterocycles. The second kappa shape index (κ2) is 4.81. The van der Waals surface area contributed by atoms with Gasteiger partial charge in [-0.3, -0.25) is 9.78 Å². The lowest BCUT2D eigenvalue weighted by atomic mass is 10.1. The molecule has 0 aliphatic heterocycles. The first kappa shape index (κ1) is 13.2. The molecule has 6 heteroatoms. The predicted octanol–water partition coefficient (Wildman–Crippen LogP) is 1.25. The Balaban J connectivity index is 2.43. The summed E-state index contributed by atoms with van der Waals surface area (Å²) in [6.07, 6.45) is 2.64. The maximum Gasteiger partial charge on any atom is 0.267 e. The molecule has 1 aromatic carbocycles. The van der Waals surface area contributed by atoms with Crippen LogP contribution in [0.1, 0.15) is 10.5 Å². The summed E-state index contributed by atoms with van der Waals surface area (Å²) in [7, 11) is -3.21. The van der Waals surface area contributed by atoms with Gasteiger partial charge in [0.25, 0.3) is 5.91 Å². The zero-order chi connectivity index (χ0) is 14.0. The smallest absolute Gasteiger partial charge is 0.267 e. The van der Waals surface area contributed by atoms with E-state index in [9.17, 15) is 13.2 Å². The van der Waals surface area contributed by atoms with E-state index in [1.54, 1.807) is 24.3 Å². The molecule has 0 bridgehead atoms. The van der Waals surface area contributed by atoms with Gasteiger partial charge in [0.2, 0.25) is 0 Å². The number of nitrogens with zero attached hydrogens (tertiary/aromatic N) is 1. The highest BCUT2D eigenvalue weighted by molar-refractivity contribution is 7.90. The van der Waals surface area contributed by atoms with E-state index in [0.717, 1.165) is 17.4 Å². The Kier molecular flexibility index (Phi) is 3.35. The van der Waals surface area contributed by atoms with Crippen molar-refractivity contribution in [3.8, 4) is 11.1 Å². The molecule has 1 heterocycles. The fourth-order valence-electron chi connectivity index (χ4n) is 1.64. The minimum Gasteiger partial charge on any atom is -0.364 e. The topological polar surface area (TPSA) is 90.1 Å². The van der Waals surface area contributed by atoms with Crippen LogP contribution in [0.15, 0.2) is 47.5 Å². The SMILES string of the molecule is CS(=O)(=O)c1ccc(-c2ccnc(C(N)=O)c2)cc1. The second-order valence-electron chi connectivity index (χ2n) is 4.09. The molecule has 2 rings (SSSR count). The summed E-state index contributed by atoms with van der Waals surface area (Å²) in [5.41, 5.74) is 6.87. The van der Waals surface area contributed by atoms with Gasteiger partial charge in [-0.1, -0.05) is 12.1 Å². The number of nitrogens with two attached hydrogens (primary N) is 1. The third-order valence-electron chi connectivity index (χ3n) is 2.63. The molecule has 98 valence electrons. The first-order chi connectivity index (χ1) is 8.88. The van der Waals surface area contributed by atoms with E-state index in [2.05, 4.69) is 4.98 Å². The number of pyridine rings is 1. The van der Waals surface area contributed by atoms with Gasteiger partial charge in [0, 0.05) is 12.5 Å². The fraction of sp³-hybridized carbons (Fsp3) is 0.0769. The Bertz CT molecular complexity index is 722. The van der Waals surface area contributed by atoms with Crippen molar-refractivity contribution in [2.45, 2.75) is 4.90 Å². The highest BCUT2D eigenvalue weighted by Crippen LogP contribution is 2.21. The highest BCUT2D eigenvalue weighted by Gasteiger charge is 2.08. The summed E-state index contributed by atoms with van der Waals surface area (Å²) in [4.78, 5) is 15.2. The molecule has 0 atom stereocenters. The first-order valence-corrected chi connectivity index (χ1v) is 7.33. The minimum absolute atomic E-state index is 0.171. The van der Waals surface area contributed by atoms with Gasteiger partial charge >= 0.3 is 0 Å². The van der Waals surface area contributed by atoms with Crippen molar-refractivity contribution in [3.05, 3.63) is 48.3 Å². The van der Waals surface area contributed by atoms with E-state index in [1.165, 1.54) is 18.3 Å². The summed E-state index contributed by atoms with van der Waals surface area (Å²) in [5.74, 6) is -0.602. The second-order valence-corrected chi connectivity index (χ2v) is 6.11. The number of hydrogen-bond acceptors (Lipinski definition) is 4. The molecule has 0 aliphatic rings. The van der Waals surface area contributed by atoms with Crippen LogP contribution >= 0.6 is 0 Å². The largest absolute Gasteiger partial charge is 0.364 e. The Morgan fingerprint density at radius 1 is 1.11 bits per heavy atom. The summed E-state index contributed by atoms with van der Waals surface area (Å²) in [6.45, 7) is 0. The van der Waals surface area contributed by atoms with E-state index in [0.29, 0.717) is 0 Å². The van der Waals surface area contributed by atoms with E-state index in [4.69, 9.17) is 5.73 Å². The molecule has 1 aromatic heterocycles. The number of aromatic nitrogens is 1. The van der Waals surface area contributed by atoms with Crippen LogP contribution in [-0.4, -0.2) is 25.6 Å². The third-order valence-corrected chi connectivity index (χ3v) is 3.76. The summed E-state index contributed by atoms with van der Waals surface area (Å²) >= 11 is 0. The van der Waals surface area contributed by atoms with Crippen molar-refractivity contribution in [3.63, 3.8) is 0 Å². The first-order valence-electron chi connectivity index (χ1n) is 5.44. The van der Waals surface area contributed by atoms with Crippen LogP contribution in [0.4, 0.5) is 0 Å². The molecule has 0 saturated carbocycles. The number of benzene rings is 1. The lowest BCUT2D eigenvalue weighted by Crippen LogP contribution is -2.12. The predicted molar refractivity (Wildman–Crippen MR) is 71.3 cm³/mol. The van der Waals surface area contributed by atoms with Gasteiger partial charge < -0.3 is 5.73 Å². The standard InChI is InChI=1S/C13H12N2O3S/c1-19(17,18)11-4-2-9(3-5-11)10-6-7-15-12(8-10)13(14)16/h2-8H,1H3,(H2,14,16). The number of carbonyl (C=O) groups is 1. The fourth-order valence-corrected chi connectivity index (χ4v) is 2.27. The lowest BCUT2D eigenvalue weighted by molar-refractivity contribution is 0.0995. The number of rotatable bonds is 3. The molecule has 0 spiro atoms. The molecule has 2 N–H and O–H groups in total. The van der Waals surface area contributed by atoms with Gasteiger partial charge in [-0.15, -0.1) is 0 Å². The molecule has 0 unspecified atom stereocenters. The Hall–Kier alpha value is -2.21. The molecule has 1 amide bonds. The van der Waals surface area contributed by atoms with Crippen molar-refractivity contribution in [1.82, 2.24) is 4.98 Å². The van der Waals surface area contributed by atoms with Crippen molar-refractivity contribution < 1.29 is 13.2 Å². The monoisotopic (exact) mass is 276 g/mol. The number of carbonyl (C=O) groups excluding carboxylic acids is 1. The van der Waals surface area contributed by atoms with Gasteiger partial charge in [-0.25, -0.2) is 8.42 Å². The van der Waals surface area contributed by atoms with Gasteiger partial charge in [-0.2, -0.15) is 0 Å². The molecule has 0 fully saturated rings. The maximum atomic E-state index is 11.4. The van der Waals surface area contributed by atoms with Gasteiger partial charge in [0.1, 0.15) is 5.69 Å². The van der Waals surface area contributed by atoms with Gasteiger partial charge in [-0.05, 0) is 35.4 Å². The molecule has 0 aliphatic carbocycles. The van der Waals surface area contributed by atoms with Crippen molar-refractivity contribution in [2.75, 3.05) is 6.26 Å². The average Bonchev–Trinajstić information content (AvgIpc) is 2.38. The average molecular weight is 276 g/mol. The summed E-state index contributed by atoms with van der Waals surface area (Å²) < 4.78 is 22.7. The van der Waals surface area contributed by atoms with E-state index in [-0.39, 0.29) is 10.6 Å². The van der Waals surface area contributed by atoms with Crippen LogP contribution in [0.2, 0.25) is 0 Å². The molecular weight excluding hydrogens is 264 g/mol. The van der Waals surface area contributed by atoms with Crippen LogP contribution in [-0.2, 0) is 9.84 Å². The summed E-state index contributed by atoms with van der Waals surface area (Å²) in [5, 5.41) is 0. The quantitative estimate of drug-likeness (QED) is 0.913. The third kappa shape index (κ3) is 2.97. The Labute approximate surface area is 111 Å². The lowest BCUT2D eigenvalue weighted by Gasteiger charge is -2.04. The van der Waals surface area contributed by atoms with Crippen molar-refractivity contribution in [1.29, 1.82) is 0 Å². The van der Waals surface area contributed by atoms with E-state index >= 15 is 0 Å². The van der Waals surface area contributed by atoms with Crippen LogP contribution < -0.4 is 5.73 Å². The molecule has 19 heavy (non-hydrogen) atoms. The van der Waals surface area contributed by atoms with Crippen molar-refractivity contribution in [2.24, 2.45) is 5.73 Å². The maximum absolute atomic E-state index is 11.4. The Morgan fingerprint density at radius 2 is 1.74 bits per heavy atom. The number of amides is 1. The summed E-state index contributed by atoms with van der Waals surface area (Å²) in [6, 6.07) is 9.69. The Morgan fingerprint density at radius 3 is 2.26 bits per heavy atom. The van der Waals surface area contributed by atoms with E-state index in [1.807, 2.05) is 0 Å². The zero-order valence-corrected chi connectivity index (χ0v) is 11.0. The molecule has 2 aromatic rings. The normalized spacial score (nSPS) is 11.2. The number of sulfone groups is 1. The van der Waals surface area contributed by atoms with Crippen molar-refractivity contribution >= 4 is 15.7 Å². The van der Waals surface area contributed by atoms with Crippen LogP contribution in [0.3, 0.4) is 0 Å².